The first kappa shape index (κ1) is 12.6. The van der Waals surface area contributed by atoms with E-state index in [1.54, 1.807) is 6.07 Å². The van der Waals surface area contributed by atoms with Gasteiger partial charge in [-0.1, -0.05) is 0 Å². The van der Waals surface area contributed by atoms with Crippen LogP contribution in [0, 0.1) is 5.82 Å². The van der Waals surface area contributed by atoms with Crippen LogP contribution in [-0.4, -0.2) is 10.9 Å². The molecule has 4 nitrogen and oxygen atoms in total. The van der Waals surface area contributed by atoms with Crippen LogP contribution in [0.4, 0.5) is 10.1 Å². The van der Waals surface area contributed by atoms with E-state index in [0.717, 1.165) is 30.5 Å². The second-order valence-electron chi connectivity index (χ2n) is 4.83. The third-order valence-electron chi connectivity index (χ3n) is 3.43. The Morgan fingerprint density at radius 3 is 2.70 bits per heavy atom. The molecule has 1 aliphatic carbocycles. The molecule has 0 spiro atoms. The Hall–Kier alpha value is -2.43. The van der Waals surface area contributed by atoms with Crippen LogP contribution in [0.5, 0.6) is 0 Å². The maximum absolute atomic E-state index is 12.8. The monoisotopic (exact) mass is 272 g/mol. The van der Waals surface area contributed by atoms with Gasteiger partial charge in [-0.3, -0.25) is 9.59 Å². The molecule has 1 heterocycles. The number of hydrogen-bond donors (Lipinski definition) is 2. The highest BCUT2D eigenvalue weighted by molar-refractivity contribution is 6.04. The Morgan fingerprint density at radius 1 is 1.20 bits per heavy atom. The number of H-pyrrole nitrogens is 1. The molecule has 0 aliphatic heterocycles. The van der Waals surface area contributed by atoms with Crippen molar-refractivity contribution in [1.29, 1.82) is 0 Å². The lowest BCUT2D eigenvalue weighted by Gasteiger charge is -2.06. The first-order chi connectivity index (χ1) is 9.63. The molecule has 1 amide bonds. The molecule has 0 saturated carbocycles. The summed E-state index contributed by atoms with van der Waals surface area (Å²) in [7, 11) is 0. The summed E-state index contributed by atoms with van der Waals surface area (Å²) >= 11 is 0. The largest absolute Gasteiger partial charge is 0.325 e. The number of fused-ring (bicyclic) bond motifs is 1. The molecule has 5 heteroatoms. The van der Waals surface area contributed by atoms with Crippen molar-refractivity contribution in [1.82, 2.24) is 4.98 Å². The van der Waals surface area contributed by atoms with E-state index in [9.17, 15) is 14.0 Å². The number of amides is 1. The van der Waals surface area contributed by atoms with Gasteiger partial charge in [-0.25, -0.2) is 4.39 Å². The Bertz CT molecular complexity index is 720. The quantitative estimate of drug-likeness (QED) is 0.880. The van der Waals surface area contributed by atoms with Crippen molar-refractivity contribution < 1.29 is 9.18 Å². The molecule has 1 aliphatic rings. The van der Waals surface area contributed by atoms with Gasteiger partial charge in [-0.2, -0.15) is 0 Å². The van der Waals surface area contributed by atoms with Gasteiger partial charge >= 0.3 is 0 Å². The molecule has 0 bridgehead atoms. The number of aryl methyl sites for hydroxylation is 2. The van der Waals surface area contributed by atoms with Gasteiger partial charge < -0.3 is 10.3 Å². The molecule has 1 aromatic heterocycles. The molecule has 0 radical (unpaired) electrons. The lowest BCUT2D eigenvalue weighted by Crippen LogP contribution is -2.24. The molecular weight excluding hydrogens is 259 g/mol. The third kappa shape index (κ3) is 2.34. The van der Waals surface area contributed by atoms with Gasteiger partial charge in [0, 0.05) is 11.4 Å². The average molecular weight is 272 g/mol. The minimum atomic E-state index is -0.479. The SMILES string of the molecule is O=C(Nc1ccc(F)cc1)c1cc2c([nH]c1=O)CCC2. The third-order valence-corrected chi connectivity index (χ3v) is 3.43. The number of carbonyl (C=O) groups excluding carboxylic acids is 1. The molecule has 20 heavy (non-hydrogen) atoms. The summed E-state index contributed by atoms with van der Waals surface area (Å²) < 4.78 is 12.8. The zero-order chi connectivity index (χ0) is 14.1. The number of carbonyl (C=O) groups is 1. The second kappa shape index (κ2) is 4.92. The van der Waals surface area contributed by atoms with Gasteiger partial charge in [-0.05, 0) is 55.2 Å². The van der Waals surface area contributed by atoms with Gasteiger partial charge in [-0.15, -0.1) is 0 Å². The molecule has 0 fully saturated rings. The van der Waals surface area contributed by atoms with Crippen molar-refractivity contribution in [3.05, 3.63) is 63.3 Å². The second-order valence-corrected chi connectivity index (χ2v) is 4.83. The fourth-order valence-corrected chi connectivity index (χ4v) is 2.41. The summed E-state index contributed by atoms with van der Waals surface area (Å²) in [6.45, 7) is 0. The van der Waals surface area contributed by atoms with Gasteiger partial charge in [0.2, 0.25) is 0 Å². The Balaban J connectivity index is 1.87. The number of rotatable bonds is 2. The predicted octanol–water partition coefficient (Wildman–Crippen LogP) is 2.26. The first-order valence-corrected chi connectivity index (χ1v) is 6.45. The molecule has 2 N–H and O–H groups in total. The summed E-state index contributed by atoms with van der Waals surface area (Å²) in [6.07, 6.45) is 2.72. The first-order valence-electron chi connectivity index (χ1n) is 6.45. The van der Waals surface area contributed by atoms with Crippen molar-refractivity contribution >= 4 is 11.6 Å². The van der Waals surface area contributed by atoms with Gasteiger partial charge in [0.15, 0.2) is 0 Å². The van der Waals surface area contributed by atoms with Crippen LogP contribution in [0.25, 0.3) is 0 Å². The molecule has 102 valence electrons. The Morgan fingerprint density at radius 2 is 1.95 bits per heavy atom. The zero-order valence-electron chi connectivity index (χ0n) is 10.7. The number of anilines is 1. The van der Waals surface area contributed by atoms with Crippen molar-refractivity contribution in [2.75, 3.05) is 5.32 Å². The smallest absolute Gasteiger partial charge is 0.261 e. The van der Waals surface area contributed by atoms with E-state index in [4.69, 9.17) is 0 Å². The highest BCUT2D eigenvalue weighted by Gasteiger charge is 2.18. The summed E-state index contributed by atoms with van der Waals surface area (Å²) in [6, 6.07) is 7.06. The van der Waals surface area contributed by atoms with Crippen LogP contribution in [-0.2, 0) is 12.8 Å². The number of halogens is 1. The van der Waals surface area contributed by atoms with Crippen molar-refractivity contribution in [3.8, 4) is 0 Å². The van der Waals surface area contributed by atoms with Crippen LogP contribution >= 0.6 is 0 Å². The molecule has 0 saturated heterocycles. The summed E-state index contributed by atoms with van der Waals surface area (Å²) in [4.78, 5) is 26.7. The fourth-order valence-electron chi connectivity index (χ4n) is 2.41. The number of nitrogens with one attached hydrogen (secondary N) is 2. The van der Waals surface area contributed by atoms with Gasteiger partial charge in [0.05, 0.1) is 0 Å². The topological polar surface area (TPSA) is 62.0 Å². The van der Waals surface area contributed by atoms with E-state index < -0.39 is 5.91 Å². The minimum Gasteiger partial charge on any atom is -0.325 e. The van der Waals surface area contributed by atoms with Crippen LogP contribution in [0.1, 0.15) is 28.0 Å². The number of pyridine rings is 1. The highest BCUT2D eigenvalue weighted by Crippen LogP contribution is 2.19. The van der Waals surface area contributed by atoms with E-state index in [1.807, 2.05) is 0 Å². The van der Waals surface area contributed by atoms with E-state index in [1.165, 1.54) is 24.3 Å². The molecular formula is C15H13FN2O2. The lowest BCUT2D eigenvalue weighted by molar-refractivity contribution is 0.102. The number of aromatic nitrogens is 1. The summed E-state index contributed by atoms with van der Waals surface area (Å²) in [5.74, 6) is -0.856. The number of benzene rings is 1. The van der Waals surface area contributed by atoms with E-state index in [2.05, 4.69) is 10.3 Å². The van der Waals surface area contributed by atoms with Crippen LogP contribution in [0.2, 0.25) is 0 Å². The average Bonchev–Trinajstić information content (AvgIpc) is 2.87. The maximum Gasteiger partial charge on any atom is 0.261 e. The van der Waals surface area contributed by atoms with Crippen molar-refractivity contribution in [3.63, 3.8) is 0 Å². The molecule has 0 unspecified atom stereocenters. The highest BCUT2D eigenvalue weighted by atomic mass is 19.1. The molecule has 1 aromatic carbocycles. The number of hydrogen-bond acceptors (Lipinski definition) is 2. The lowest BCUT2D eigenvalue weighted by atomic mass is 10.1. The fraction of sp³-hybridized carbons (Fsp3) is 0.200. The van der Waals surface area contributed by atoms with Crippen LogP contribution in [0.3, 0.4) is 0 Å². The molecule has 0 atom stereocenters. The van der Waals surface area contributed by atoms with E-state index in [0.29, 0.717) is 5.69 Å². The Kier molecular flexibility index (Phi) is 3.10. The molecule has 3 rings (SSSR count). The van der Waals surface area contributed by atoms with Gasteiger partial charge in [0.25, 0.3) is 11.5 Å². The van der Waals surface area contributed by atoms with E-state index >= 15 is 0 Å². The van der Waals surface area contributed by atoms with E-state index in [-0.39, 0.29) is 16.9 Å². The van der Waals surface area contributed by atoms with Crippen LogP contribution in [0.15, 0.2) is 35.1 Å². The van der Waals surface area contributed by atoms with Crippen molar-refractivity contribution in [2.45, 2.75) is 19.3 Å². The van der Waals surface area contributed by atoms with Crippen LogP contribution < -0.4 is 10.9 Å². The normalized spacial score (nSPS) is 13.1. The van der Waals surface area contributed by atoms with Crippen molar-refractivity contribution in [2.24, 2.45) is 0 Å². The standard InChI is InChI=1S/C15H13FN2O2/c16-10-4-6-11(7-5-10)17-14(19)12-8-9-2-1-3-13(9)18-15(12)20/h4-8H,1-3H2,(H,17,19)(H,18,20). The Labute approximate surface area is 114 Å². The number of aromatic amines is 1. The summed E-state index contributed by atoms with van der Waals surface area (Å²) in [5.41, 5.74) is 2.11. The zero-order valence-corrected chi connectivity index (χ0v) is 10.7. The predicted molar refractivity (Wildman–Crippen MR) is 73.4 cm³/mol. The molecule has 2 aromatic rings. The minimum absolute atomic E-state index is 0.0926. The maximum atomic E-state index is 12.8. The summed E-state index contributed by atoms with van der Waals surface area (Å²) in [5, 5.41) is 2.59. The van der Waals surface area contributed by atoms with Gasteiger partial charge in [0.1, 0.15) is 11.4 Å².